The Hall–Kier alpha value is -5.06. The summed E-state index contributed by atoms with van der Waals surface area (Å²) in [5.74, 6) is -0.686. The van der Waals surface area contributed by atoms with Gasteiger partial charge >= 0.3 is 5.97 Å². The number of benzene rings is 3. The molecule has 3 aromatic rings. The first-order chi connectivity index (χ1) is 17.9. The first-order valence-corrected chi connectivity index (χ1v) is 11.2. The van der Waals surface area contributed by atoms with E-state index in [1.54, 1.807) is 48.5 Å². The summed E-state index contributed by atoms with van der Waals surface area (Å²) in [5.41, 5.74) is 3.60. The third-order valence-electron chi connectivity index (χ3n) is 5.01. The molecule has 0 aromatic heterocycles. The predicted octanol–water partition coefficient (Wildman–Crippen LogP) is 3.48. The van der Waals surface area contributed by atoms with E-state index in [2.05, 4.69) is 15.8 Å². The van der Waals surface area contributed by atoms with E-state index in [1.807, 2.05) is 0 Å². The van der Waals surface area contributed by atoms with E-state index < -0.39 is 10.9 Å². The van der Waals surface area contributed by atoms with Crippen molar-refractivity contribution in [3.05, 3.63) is 99.6 Å². The van der Waals surface area contributed by atoms with Crippen molar-refractivity contribution in [2.45, 2.75) is 12.8 Å². The highest BCUT2D eigenvalue weighted by Gasteiger charge is 2.13. The summed E-state index contributed by atoms with van der Waals surface area (Å²) in [6, 6.07) is 18.6. The lowest BCUT2D eigenvalue weighted by atomic mass is 10.2. The van der Waals surface area contributed by atoms with Crippen LogP contribution in [0.2, 0.25) is 0 Å². The van der Waals surface area contributed by atoms with Gasteiger partial charge in [-0.15, -0.1) is 0 Å². The summed E-state index contributed by atoms with van der Waals surface area (Å²) in [6.07, 6.45) is 1.91. The van der Waals surface area contributed by atoms with Crippen LogP contribution in [-0.2, 0) is 4.79 Å². The minimum absolute atomic E-state index is 0.102. The number of nitrogens with zero attached hydrogens (tertiary/aromatic N) is 2. The van der Waals surface area contributed by atoms with Gasteiger partial charge in [0.25, 0.3) is 11.6 Å². The molecular weight excluding hydrogens is 480 g/mol. The van der Waals surface area contributed by atoms with Crippen LogP contribution in [0, 0.1) is 10.1 Å². The lowest BCUT2D eigenvalue weighted by Crippen LogP contribution is -2.26. The van der Waals surface area contributed by atoms with Crippen molar-refractivity contribution in [2.75, 3.05) is 13.7 Å². The highest BCUT2D eigenvalue weighted by molar-refractivity contribution is 5.94. The molecule has 3 aromatic carbocycles. The smallest absolute Gasteiger partial charge is 0.343 e. The van der Waals surface area contributed by atoms with Crippen LogP contribution in [0.4, 0.5) is 5.69 Å². The number of amides is 2. The van der Waals surface area contributed by atoms with Crippen LogP contribution >= 0.6 is 0 Å². The summed E-state index contributed by atoms with van der Waals surface area (Å²) >= 11 is 0. The number of nitro benzene ring substituents is 1. The summed E-state index contributed by atoms with van der Waals surface area (Å²) in [4.78, 5) is 46.5. The number of ether oxygens (including phenoxy) is 2. The molecule has 2 amide bonds. The monoisotopic (exact) mass is 504 g/mol. The maximum absolute atomic E-state index is 12.3. The van der Waals surface area contributed by atoms with Crippen LogP contribution in [0.3, 0.4) is 0 Å². The van der Waals surface area contributed by atoms with Gasteiger partial charge in [-0.1, -0.05) is 18.2 Å². The zero-order valence-corrected chi connectivity index (χ0v) is 19.9. The fraction of sp³-hybridized carbons (Fsp3) is 0.154. The Bertz CT molecular complexity index is 1290. The van der Waals surface area contributed by atoms with Crippen molar-refractivity contribution in [1.82, 2.24) is 10.7 Å². The van der Waals surface area contributed by atoms with Crippen molar-refractivity contribution in [1.29, 1.82) is 0 Å². The van der Waals surface area contributed by atoms with Crippen LogP contribution in [-0.4, -0.2) is 42.6 Å². The number of hydrogen-bond donors (Lipinski definition) is 2. The quantitative estimate of drug-likeness (QED) is 0.101. The van der Waals surface area contributed by atoms with Gasteiger partial charge in [0, 0.05) is 30.7 Å². The molecule has 0 saturated carbocycles. The summed E-state index contributed by atoms with van der Waals surface area (Å²) in [7, 11) is 1.44. The molecule has 0 fully saturated rings. The third-order valence-corrected chi connectivity index (χ3v) is 5.01. The molecule has 0 bridgehead atoms. The average Bonchev–Trinajstić information content (AvgIpc) is 2.92. The predicted molar refractivity (Wildman–Crippen MR) is 135 cm³/mol. The Labute approximate surface area is 212 Å². The Balaban J connectivity index is 1.42. The molecule has 0 atom stereocenters. The number of nitro groups is 1. The van der Waals surface area contributed by atoms with E-state index in [4.69, 9.17) is 9.47 Å². The lowest BCUT2D eigenvalue weighted by Gasteiger charge is -2.10. The van der Waals surface area contributed by atoms with Crippen molar-refractivity contribution in [3.63, 3.8) is 0 Å². The van der Waals surface area contributed by atoms with E-state index in [1.165, 1.54) is 37.6 Å². The van der Waals surface area contributed by atoms with Crippen LogP contribution in [0.1, 0.15) is 39.1 Å². The fourth-order valence-corrected chi connectivity index (χ4v) is 3.10. The second-order valence-corrected chi connectivity index (χ2v) is 7.62. The van der Waals surface area contributed by atoms with E-state index >= 15 is 0 Å². The Morgan fingerprint density at radius 3 is 2.38 bits per heavy atom. The van der Waals surface area contributed by atoms with Crippen LogP contribution in [0.15, 0.2) is 77.9 Å². The van der Waals surface area contributed by atoms with Gasteiger partial charge in [0.1, 0.15) is 0 Å². The van der Waals surface area contributed by atoms with E-state index in [9.17, 15) is 24.5 Å². The van der Waals surface area contributed by atoms with Gasteiger partial charge in [-0.2, -0.15) is 5.10 Å². The Kier molecular flexibility index (Phi) is 9.43. The largest absolute Gasteiger partial charge is 0.493 e. The molecule has 0 unspecified atom stereocenters. The van der Waals surface area contributed by atoms with E-state index in [0.29, 0.717) is 23.3 Å². The number of carbonyl (C=O) groups is 3. The lowest BCUT2D eigenvalue weighted by molar-refractivity contribution is -0.384. The third kappa shape index (κ3) is 7.99. The standard InChI is InChI=1S/C26H24N4O7/c1-36-23-16-18(9-14-22(23)37-26(33)20-6-3-2-4-7-20)17-28-29-24(31)8-5-15-27-25(32)19-10-12-21(13-11-19)30(34)35/h2-4,6-7,9-14,16-17H,5,8,15H2,1H3,(H,27,32)(H,29,31)/b28-17+. The Morgan fingerprint density at radius 1 is 0.973 bits per heavy atom. The molecule has 0 heterocycles. The number of non-ortho nitro benzene ring substituents is 1. The number of methoxy groups -OCH3 is 1. The second kappa shape index (κ2) is 13.1. The minimum atomic E-state index is -0.544. The van der Waals surface area contributed by atoms with E-state index in [0.717, 1.165) is 0 Å². The van der Waals surface area contributed by atoms with Gasteiger partial charge in [-0.25, -0.2) is 10.2 Å². The van der Waals surface area contributed by atoms with Crippen molar-refractivity contribution < 1.29 is 28.8 Å². The molecule has 0 radical (unpaired) electrons. The normalized spacial score (nSPS) is 10.5. The zero-order valence-electron chi connectivity index (χ0n) is 19.9. The molecule has 0 aliphatic rings. The molecule has 190 valence electrons. The maximum atomic E-state index is 12.3. The maximum Gasteiger partial charge on any atom is 0.343 e. The molecule has 3 rings (SSSR count). The van der Waals surface area contributed by atoms with Gasteiger partial charge in [-0.05, 0) is 54.4 Å². The number of hydrazone groups is 1. The molecule has 0 aliphatic heterocycles. The summed E-state index contributed by atoms with van der Waals surface area (Å²) < 4.78 is 10.7. The van der Waals surface area contributed by atoms with Gasteiger partial charge < -0.3 is 14.8 Å². The van der Waals surface area contributed by atoms with Crippen LogP contribution in [0.5, 0.6) is 11.5 Å². The van der Waals surface area contributed by atoms with Gasteiger partial charge in [-0.3, -0.25) is 19.7 Å². The molecule has 0 aliphatic carbocycles. The van der Waals surface area contributed by atoms with Crippen molar-refractivity contribution in [2.24, 2.45) is 5.10 Å². The molecule has 11 heteroatoms. The highest BCUT2D eigenvalue weighted by atomic mass is 16.6. The molecular formula is C26H24N4O7. The Morgan fingerprint density at radius 2 is 1.70 bits per heavy atom. The zero-order chi connectivity index (χ0) is 26.6. The number of nitrogens with one attached hydrogen (secondary N) is 2. The molecule has 11 nitrogen and oxygen atoms in total. The second-order valence-electron chi connectivity index (χ2n) is 7.62. The van der Waals surface area contributed by atoms with Gasteiger partial charge in [0.2, 0.25) is 5.91 Å². The number of rotatable bonds is 11. The van der Waals surface area contributed by atoms with Crippen molar-refractivity contribution >= 4 is 29.7 Å². The van der Waals surface area contributed by atoms with Crippen LogP contribution in [0.25, 0.3) is 0 Å². The highest BCUT2D eigenvalue weighted by Crippen LogP contribution is 2.28. The first kappa shape index (κ1) is 26.5. The molecule has 37 heavy (non-hydrogen) atoms. The average molecular weight is 504 g/mol. The first-order valence-electron chi connectivity index (χ1n) is 11.2. The fourth-order valence-electron chi connectivity index (χ4n) is 3.10. The summed E-state index contributed by atoms with van der Waals surface area (Å²) in [5, 5.41) is 17.2. The van der Waals surface area contributed by atoms with Crippen LogP contribution < -0.4 is 20.2 Å². The van der Waals surface area contributed by atoms with Crippen molar-refractivity contribution in [3.8, 4) is 11.5 Å². The molecule has 0 saturated heterocycles. The number of hydrogen-bond acceptors (Lipinski definition) is 8. The number of esters is 1. The molecule has 0 spiro atoms. The SMILES string of the molecule is COc1cc(/C=N/NC(=O)CCCNC(=O)c2ccc([N+](=O)[O-])cc2)ccc1OC(=O)c1ccccc1. The van der Waals surface area contributed by atoms with E-state index in [-0.39, 0.29) is 41.8 Å². The number of carbonyl (C=O) groups excluding carboxylic acids is 3. The van der Waals surface area contributed by atoms with Gasteiger partial charge in [0.05, 0.1) is 23.8 Å². The topological polar surface area (TPSA) is 149 Å². The minimum Gasteiger partial charge on any atom is -0.493 e. The summed E-state index contributed by atoms with van der Waals surface area (Å²) in [6.45, 7) is 0.243. The molecule has 2 N–H and O–H groups in total. The van der Waals surface area contributed by atoms with Gasteiger partial charge in [0.15, 0.2) is 11.5 Å².